The zero-order chi connectivity index (χ0) is 13.1. The van der Waals surface area contributed by atoms with Crippen molar-refractivity contribution in [2.45, 2.75) is 13.5 Å². The third-order valence-electron chi connectivity index (χ3n) is 2.97. The summed E-state index contributed by atoms with van der Waals surface area (Å²) in [5.74, 6) is 0. The molecule has 0 radical (unpaired) electrons. The second-order valence-corrected chi connectivity index (χ2v) is 4.30. The molecule has 3 aromatic rings. The highest BCUT2D eigenvalue weighted by atomic mass is 15.5. The predicted molar refractivity (Wildman–Crippen MR) is 72.0 cm³/mol. The van der Waals surface area contributed by atoms with Crippen LogP contribution in [0.4, 0.5) is 5.69 Å². The minimum absolute atomic E-state index is 0.757. The Balaban J connectivity index is 1.82. The highest BCUT2D eigenvalue weighted by Crippen LogP contribution is 2.19. The number of rotatable bonds is 4. The first kappa shape index (κ1) is 11.5. The van der Waals surface area contributed by atoms with Crippen molar-refractivity contribution in [2.24, 2.45) is 0 Å². The van der Waals surface area contributed by atoms with Crippen LogP contribution in [0.25, 0.3) is 5.69 Å². The predicted octanol–water partition coefficient (Wildman–Crippen LogP) is 1.91. The van der Waals surface area contributed by atoms with Crippen LogP contribution in [0.5, 0.6) is 0 Å². The van der Waals surface area contributed by atoms with Crippen LogP contribution in [0.2, 0.25) is 0 Å². The van der Waals surface area contributed by atoms with Crippen molar-refractivity contribution in [1.82, 2.24) is 25.2 Å². The van der Waals surface area contributed by atoms with Gasteiger partial charge in [0.2, 0.25) is 0 Å². The highest BCUT2D eigenvalue weighted by molar-refractivity contribution is 5.56. The van der Waals surface area contributed by atoms with Crippen molar-refractivity contribution in [2.75, 3.05) is 5.32 Å². The molecular weight excluding hydrogens is 240 g/mol. The van der Waals surface area contributed by atoms with Gasteiger partial charge in [0, 0.05) is 17.6 Å². The third-order valence-corrected chi connectivity index (χ3v) is 2.97. The van der Waals surface area contributed by atoms with Crippen molar-refractivity contribution in [3.8, 4) is 5.69 Å². The maximum absolute atomic E-state index is 3.89. The molecule has 2 aromatic heterocycles. The quantitative estimate of drug-likeness (QED) is 0.746. The van der Waals surface area contributed by atoms with Crippen molar-refractivity contribution in [3.63, 3.8) is 0 Å². The van der Waals surface area contributed by atoms with Crippen molar-refractivity contribution < 1.29 is 0 Å². The number of nitrogens with one attached hydrogen (secondary N) is 2. The van der Waals surface area contributed by atoms with Crippen molar-refractivity contribution in [3.05, 3.63) is 54.1 Å². The molecule has 2 N–H and O–H groups in total. The molecule has 2 heterocycles. The van der Waals surface area contributed by atoms with E-state index in [4.69, 9.17) is 0 Å². The Hall–Kier alpha value is -2.63. The number of tetrazole rings is 1. The first-order valence-corrected chi connectivity index (χ1v) is 6.03. The van der Waals surface area contributed by atoms with Crippen LogP contribution in [-0.4, -0.2) is 25.2 Å². The number of aromatic amines is 1. The van der Waals surface area contributed by atoms with Crippen LogP contribution >= 0.6 is 0 Å². The Morgan fingerprint density at radius 3 is 3.00 bits per heavy atom. The lowest BCUT2D eigenvalue weighted by Gasteiger charge is -2.10. The van der Waals surface area contributed by atoms with E-state index in [9.17, 15) is 0 Å². The van der Waals surface area contributed by atoms with Gasteiger partial charge in [0.25, 0.3) is 0 Å². The first-order chi connectivity index (χ1) is 9.33. The Morgan fingerprint density at radius 2 is 2.26 bits per heavy atom. The van der Waals surface area contributed by atoms with Gasteiger partial charge in [-0.15, -0.1) is 5.10 Å². The maximum Gasteiger partial charge on any atom is 0.143 e. The lowest BCUT2D eigenvalue weighted by molar-refractivity contribution is 0.789. The number of hydrogen-bond donors (Lipinski definition) is 2. The Kier molecular flexibility index (Phi) is 2.97. The molecule has 19 heavy (non-hydrogen) atoms. The number of nitrogens with zero attached hydrogens (tertiary/aromatic N) is 4. The smallest absolute Gasteiger partial charge is 0.143 e. The van der Waals surface area contributed by atoms with E-state index in [-0.39, 0.29) is 0 Å². The average Bonchev–Trinajstić information content (AvgIpc) is 3.11. The fourth-order valence-electron chi connectivity index (χ4n) is 1.89. The van der Waals surface area contributed by atoms with Crippen LogP contribution in [0.3, 0.4) is 0 Å². The fourth-order valence-corrected chi connectivity index (χ4v) is 1.89. The standard InChI is InChI=1S/C13H14N6/c1-10-4-5-12(19-9-16-17-18-19)7-13(10)15-8-11-3-2-6-14-11/h2-7,9,14-15H,8H2,1H3. The molecular formula is C13H14N6. The molecule has 0 bridgehead atoms. The molecule has 0 unspecified atom stereocenters. The molecule has 0 atom stereocenters. The summed E-state index contributed by atoms with van der Waals surface area (Å²) in [6.07, 6.45) is 3.50. The Morgan fingerprint density at radius 1 is 1.32 bits per heavy atom. The largest absolute Gasteiger partial charge is 0.379 e. The number of H-pyrrole nitrogens is 1. The second-order valence-electron chi connectivity index (χ2n) is 4.30. The van der Waals surface area contributed by atoms with Gasteiger partial charge in [-0.3, -0.25) is 0 Å². The second kappa shape index (κ2) is 4.93. The van der Waals surface area contributed by atoms with E-state index < -0.39 is 0 Å². The number of benzene rings is 1. The molecule has 0 amide bonds. The number of aromatic nitrogens is 5. The van der Waals surface area contributed by atoms with Gasteiger partial charge in [-0.2, -0.15) is 0 Å². The number of hydrogen-bond acceptors (Lipinski definition) is 4. The van der Waals surface area contributed by atoms with Gasteiger partial charge >= 0.3 is 0 Å². The molecule has 1 aromatic carbocycles. The summed E-state index contributed by atoms with van der Waals surface area (Å²) in [7, 11) is 0. The topological polar surface area (TPSA) is 71.4 Å². The zero-order valence-electron chi connectivity index (χ0n) is 10.5. The molecule has 0 aliphatic heterocycles. The van der Waals surface area contributed by atoms with Crippen LogP contribution in [0.15, 0.2) is 42.9 Å². The summed E-state index contributed by atoms with van der Waals surface area (Å²) in [6.45, 7) is 2.83. The fraction of sp³-hybridized carbons (Fsp3) is 0.154. The van der Waals surface area contributed by atoms with Gasteiger partial charge in [-0.25, -0.2) is 4.68 Å². The van der Waals surface area contributed by atoms with Crippen LogP contribution in [0, 0.1) is 6.92 Å². The van der Waals surface area contributed by atoms with Crippen molar-refractivity contribution >= 4 is 5.69 Å². The molecule has 96 valence electrons. The molecule has 0 spiro atoms. The molecule has 3 rings (SSSR count). The normalized spacial score (nSPS) is 10.6. The highest BCUT2D eigenvalue weighted by Gasteiger charge is 2.03. The summed E-state index contributed by atoms with van der Waals surface area (Å²) in [6, 6.07) is 10.1. The summed E-state index contributed by atoms with van der Waals surface area (Å²) in [5.41, 5.74) is 4.34. The number of aryl methyl sites for hydroxylation is 1. The van der Waals surface area contributed by atoms with Crippen LogP contribution in [-0.2, 0) is 6.54 Å². The third kappa shape index (κ3) is 2.47. The summed E-state index contributed by atoms with van der Waals surface area (Å²) < 4.78 is 1.64. The minimum atomic E-state index is 0.757. The zero-order valence-corrected chi connectivity index (χ0v) is 10.5. The van der Waals surface area contributed by atoms with E-state index in [2.05, 4.69) is 32.7 Å². The van der Waals surface area contributed by atoms with E-state index in [0.29, 0.717) is 0 Å². The summed E-state index contributed by atoms with van der Waals surface area (Å²) >= 11 is 0. The van der Waals surface area contributed by atoms with E-state index in [1.165, 1.54) is 5.56 Å². The maximum atomic E-state index is 3.89. The van der Waals surface area contributed by atoms with Gasteiger partial charge in [0.05, 0.1) is 12.2 Å². The molecule has 0 fully saturated rings. The molecule has 6 heteroatoms. The van der Waals surface area contributed by atoms with Crippen molar-refractivity contribution in [1.29, 1.82) is 0 Å². The molecule has 6 nitrogen and oxygen atoms in total. The van der Waals surface area contributed by atoms with Gasteiger partial charge in [-0.05, 0) is 47.2 Å². The molecule has 0 aliphatic carbocycles. The van der Waals surface area contributed by atoms with E-state index in [0.717, 1.165) is 23.6 Å². The van der Waals surface area contributed by atoms with Gasteiger partial charge in [-0.1, -0.05) is 6.07 Å². The summed E-state index contributed by atoms with van der Waals surface area (Å²) in [4.78, 5) is 3.17. The van der Waals surface area contributed by atoms with Gasteiger partial charge in [0.15, 0.2) is 0 Å². The van der Waals surface area contributed by atoms with Crippen LogP contribution < -0.4 is 5.32 Å². The molecule has 0 saturated heterocycles. The minimum Gasteiger partial charge on any atom is -0.379 e. The Labute approximate surface area is 110 Å². The van der Waals surface area contributed by atoms with Crippen LogP contribution in [0.1, 0.15) is 11.3 Å². The van der Waals surface area contributed by atoms with E-state index in [1.54, 1.807) is 11.0 Å². The lowest BCUT2D eigenvalue weighted by atomic mass is 10.2. The van der Waals surface area contributed by atoms with E-state index in [1.807, 2.05) is 36.5 Å². The first-order valence-electron chi connectivity index (χ1n) is 6.03. The molecule has 0 saturated carbocycles. The van der Waals surface area contributed by atoms with E-state index >= 15 is 0 Å². The number of anilines is 1. The lowest BCUT2D eigenvalue weighted by Crippen LogP contribution is -2.03. The van der Waals surface area contributed by atoms with Gasteiger partial charge < -0.3 is 10.3 Å². The average molecular weight is 254 g/mol. The molecule has 0 aliphatic rings. The Bertz CT molecular complexity index is 642. The SMILES string of the molecule is Cc1ccc(-n2cnnn2)cc1NCc1ccc[nH]1. The monoisotopic (exact) mass is 254 g/mol. The summed E-state index contributed by atoms with van der Waals surface area (Å²) in [5, 5.41) is 14.6. The van der Waals surface area contributed by atoms with Gasteiger partial charge in [0.1, 0.15) is 6.33 Å².